The third-order valence-corrected chi connectivity index (χ3v) is 4.23. The van der Waals surface area contributed by atoms with Crippen LogP contribution in [0.3, 0.4) is 0 Å². The van der Waals surface area contributed by atoms with Crippen LogP contribution in [0.1, 0.15) is 27.2 Å². The fourth-order valence-corrected chi connectivity index (χ4v) is 3.38. The topological polar surface area (TPSA) is 66.4 Å². The Morgan fingerprint density at radius 3 is 2.58 bits per heavy atom. The van der Waals surface area contributed by atoms with Crippen LogP contribution in [0.25, 0.3) is 0 Å². The van der Waals surface area contributed by atoms with Gasteiger partial charge in [-0.05, 0) is 37.5 Å². The van der Waals surface area contributed by atoms with Gasteiger partial charge in [0.15, 0.2) is 0 Å². The number of halogens is 1. The van der Waals surface area contributed by atoms with Crippen molar-refractivity contribution in [2.45, 2.75) is 37.7 Å². The molecule has 1 atom stereocenters. The van der Waals surface area contributed by atoms with Gasteiger partial charge in [-0.2, -0.15) is 0 Å². The van der Waals surface area contributed by atoms with E-state index in [1.807, 2.05) is 13.8 Å². The lowest BCUT2D eigenvalue weighted by molar-refractivity contribution is 0.0437. The van der Waals surface area contributed by atoms with Gasteiger partial charge in [0.05, 0.1) is 10.5 Å². The second kappa shape index (κ2) is 6.22. The van der Waals surface area contributed by atoms with E-state index in [-0.39, 0.29) is 17.4 Å². The van der Waals surface area contributed by atoms with Crippen molar-refractivity contribution in [3.63, 3.8) is 0 Å². The summed E-state index contributed by atoms with van der Waals surface area (Å²) < 4.78 is 26.5. The molecule has 0 aliphatic heterocycles. The Hall–Kier alpha value is -0.620. The van der Waals surface area contributed by atoms with Crippen molar-refractivity contribution in [2.75, 3.05) is 6.54 Å². The molecule has 1 aromatic carbocycles. The molecule has 0 saturated heterocycles. The summed E-state index contributed by atoms with van der Waals surface area (Å²) in [6, 6.07) is 6.02. The highest BCUT2D eigenvalue weighted by atomic mass is 35.5. The minimum absolute atomic E-state index is 0.0278. The number of hydrogen-bond acceptors (Lipinski definition) is 3. The van der Waals surface area contributed by atoms with Crippen molar-refractivity contribution >= 4 is 21.6 Å². The summed E-state index contributed by atoms with van der Waals surface area (Å²) >= 11 is 5.77. The third kappa shape index (κ3) is 5.48. The van der Waals surface area contributed by atoms with Crippen molar-refractivity contribution < 1.29 is 13.5 Å². The first-order chi connectivity index (χ1) is 8.62. The van der Waals surface area contributed by atoms with Gasteiger partial charge < -0.3 is 5.11 Å². The highest BCUT2D eigenvalue weighted by molar-refractivity contribution is 7.89. The van der Waals surface area contributed by atoms with E-state index < -0.39 is 15.6 Å². The molecule has 6 heteroatoms. The molecule has 0 aliphatic carbocycles. The molecule has 0 spiro atoms. The highest BCUT2D eigenvalue weighted by Crippen LogP contribution is 2.18. The van der Waals surface area contributed by atoms with E-state index in [0.717, 1.165) is 0 Å². The van der Waals surface area contributed by atoms with Gasteiger partial charge in [-0.3, -0.25) is 0 Å². The second-order valence-corrected chi connectivity index (χ2v) is 7.58. The standard InChI is InChI=1S/C13H20ClNO3S/c1-10(2)8-13(3,16)9-15-19(17,18)12-6-4-5-11(14)7-12/h4-7,10,15-16H,8-9H2,1-3H3. The van der Waals surface area contributed by atoms with Crippen LogP contribution in [0.5, 0.6) is 0 Å². The Bertz CT molecular complexity index is 526. The first-order valence-corrected chi connectivity index (χ1v) is 7.96. The summed E-state index contributed by atoms with van der Waals surface area (Å²) in [6.07, 6.45) is 0.519. The highest BCUT2D eigenvalue weighted by Gasteiger charge is 2.25. The van der Waals surface area contributed by atoms with Gasteiger partial charge in [0.2, 0.25) is 10.0 Å². The van der Waals surface area contributed by atoms with Crippen LogP contribution in [0.15, 0.2) is 29.2 Å². The SMILES string of the molecule is CC(C)CC(C)(O)CNS(=O)(=O)c1cccc(Cl)c1. The fraction of sp³-hybridized carbons (Fsp3) is 0.538. The molecule has 1 rings (SSSR count). The Balaban J connectivity index is 2.76. The molecule has 0 heterocycles. The Labute approximate surface area is 119 Å². The Morgan fingerprint density at radius 2 is 2.05 bits per heavy atom. The first kappa shape index (κ1) is 16.4. The normalized spacial score (nSPS) is 15.5. The number of sulfonamides is 1. The molecule has 108 valence electrons. The molecule has 0 aliphatic rings. The maximum Gasteiger partial charge on any atom is 0.240 e. The lowest BCUT2D eigenvalue weighted by Gasteiger charge is -2.25. The van der Waals surface area contributed by atoms with Gasteiger partial charge in [-0.25, -0.2) is 13.1 Å². The summed E-state index contributed by atoms with van der Waals surface area (Å²) in [5, 5.41) is 10.5. The predicted octanol–water partition coefficient (Wildman–Crippen LogP) is 2.42. The smallest absolute Gasteiger partial charge is 0.240 e. The summed E-state index contributed by atoms with van der Waals surface area (Å²) in [7, 11) is -3.65. The number of nitrogens with one attached hydrogen (secondary N) is 1. The summed E-state index contributed by atoms with van der Waals surface area (Å²) in [4.78, 5) is 0.0975. The van der Waals surface area contributed by atoms with Gasteiger partial charge in [-0.1, -0.05) is 31.5 Å². The molecule has 0 amide bonds. The zero-order valence-corrected chi connectivity index (χ0v) is 12.9. The zero-order valence-electron chi connectivity index (χ0n) is 11.4. The molecule has 0 aromatic heterocycles. The van der Waals surface area contributed by atoms with Crippen LogP contribution < -0.4 is 4.72 Å². The summed E-state index contributed by atoms with van der Waals surface area (Å²) in [6.45, 7) is 5.54. The predicted molar refractivity (Wildman–Crippen MR) is 76.7 cm³/mol. The van der Waals surface area contributed by atoms with Crippen molar-refractivity contribution in [3.05, 3.63) is 29.3 Å². The third-order valence-electron chi connectivity index (χ3n) is 2.60. The van der Waals surface area contributed by atoms with Gasteiger partial charge in [0.1, 0.15) is 0 Å². The molecule has 19 heavy (non-hydrogen) atoms. The van der Waals surface area contributed by atoms with E-state index in [0.29, 0.717) is 11.4 Å². The number of hydrogen-bond donors (Lipinski definition) is 2. The molecule has 4 nitrogen and oxygen atoms in total. The average Bonchev–Trinajstić information content (AvgIpc) is 2.25. The minimum Gasteiger partial charge on any atom is -0.389 e. The van der Waals surface area contributed by atoms with Crippen LogP contribution in [-0.2, 0) is 10.0 Å². The van der Waals surface area contributed by atoms with Crippen LogP contribution >= 0.6 is 11.6 Å². The molecule has 1 unspecified atom stereocenters. The summed E-state index contributed by atoms with van der Waals surface area (Å²) in [5.41, 5.74) is -1.07. The van der Waals surface area contributed by atoms with Crippen LogP contribution in [-0.4, -0.2) is 25.7 Å². The largest absolute Gasteiger partial charge is 0.389 e. The van der Waals surface area contributed by atoms with Crippen LogP contribution in [0.2, 0.25) is 5.02 Å². The maximum atomic E-state index is 12.0. The maximum absolute atomic E-state index is 12.0. The molecule has 0 bridgehead atoms. The quantitative estimate of drug-likeness (QED) is 0.848. The molecule has 0 radical (unpaired) electrons. The van der Waals surface area contributed by atoms with E-state index in [9.17, 15) is 13.5 Å². The van der Waals surface area contributed by atoms with Crippen molar-refractivity contribution in [1.82, 2.24) is 4.72 Å². The van der Waals surface area contributed by atoms with E-state index in [1.54, 1.807) is 19.1 Å². The van der Waals surface area contributed by atoms with E-state index in [4.69, 9.17) is 11.6 Å². The number of rotatable bonds is 6. The van der Waals surface area contributed by atoms with Crippen molar-refractivity contribution in [2.24, 2.45) is 5.92 Å². The monoisotopic (exact) mass is 305 g/mol. The van der Waals surface area contributed by atoms with Crippen LogP contribution in [0, 0.1) is 5.92 Å². The average molecular weight is 306 g/mol. The molecule has 0 fully saturated rings. The molecule has 2 N–H and O–H groups in total. The van der Waals surface area contributed by atoms with E-state index >= 15 is 0 Å². The van der Waals surface area contributed by atoms with Gasteiger partial charge in [0.25, 0.3) is 0 Å². The van der Waals surface area contributed by atoms with Crippen LogP contribution in [0.4, 0.5) is 0 Å². The van der Waals surface area contributed by atoms with E-state index in [2.05, 4.69) is 4.72 Å². The summed E-state index contributed by atoms with van der Waals surface area (Å²) in [5.74, 6) is 0.283. The van der Waals surface area contributed by atoms with Crippen molar-refractivity contribution in [3.8, 4) is 0 Å². The number of aliphatic hydroxyl groups is 1. The van der Waals surface area contributed by atoms with Crippen molar-refractivity contribution in [1.29, 1.82) is 0 Å². The molecular formula is C13H20ClNO3S. The molecule has 1 aromatic rings. The molecule has 0 saturated carbocycles. The first-order valence-electron chi connectivity index (χ1n) is 6.10. The van der Waals surface area contributed by atoms with Gasteiger partial charge in [-0.15, -0.1) is 0 Å². The lowest BCUT2D eigenvalue weighted by Crippen LogP contribution is -2.41. The second-order valence-electron chi connectivity index (χ2n) is 5.38. The fourth-order valence-electron chi connectivity index (χ4n) is 1.92. The van der Waals surface area contributed by atoms with E-state index in [1.165, 1.54) is 12.1 Å². The lowest BCUT2D eigenvalue weighted by atomic mass is 9.95. The van der Waals surface area contributed by atoms with Gasteiger partial charge in [0, 0.05) is 11.6 Å². The molecular weight excluding hydrogens is 286 g/mol. The Morgan fingerprint density at radius 1 is 1.42 bits per heavy atom. The zero-order chi connectivity index (χ0) is 14.7. The minimum atomic E-state index is -3.65. The Kier molecular flexibility index (Phi) is 5.38. The number of benzene rings is 1. The van der Waals surface area contributed by atoms with Gasteiger partial charge >= 0.3 is 0 Å².